The van der Waals surface area contributed by atoms with Crippen molar-refractivity contribution in [3.8, 4) is 5.75 Å². The number of nitrogens with one attached hydrogen (secondary N) is 1. The van der Waals surface area contributed by atoms with Crippen molar-refractivity contribution in [3.63, 3.8) is 0 Å². The van der Waals surface area contributed by atoms with Crippen LogP contribution in [0.4, 0.5) is 26.3 Å². The molecule has 1 atom stereocenters. The number of aromatic hydroxyl groups is 1. The van der Waals surface area contributed by atoms with Gasteiger partial charge < -0.3 is 10.4 Å². The van der Waals surface area contributed by atoms with Gasteiger partial charge in [0.2, 0.25) is 0 Å². The molecule has 1 aromatic rings. The smallest absolute Gasteiger partial charge is 0.416 e. The molecule has 0 unspecified atom stereocenters. The summed E-state index contributed by atoms with van der Waals surface area (Å²) in [5.74, 6) is -0.797. The fourth-order valence-electron chi connectivity index (χ4n) is 2.47. The van der Waals surface area contributed by atoms with Crippen LogP contribution in [0.5, 0.6) is 5.75 Å². The van der Waals surface area contributed by atoms with Crippen LogP contribution in [0.1, 0.15) is 17.2 Å². The molecule has 0 radical (unpaired) electrons. The predicted octanol–water partition coefficient (Wildman–Crippen LogP) is 2.92. The van der Waals surface area contributed by atoms with Gasteiger partial charge in [0.25, 0.3) is 0 Å². The van der Waals surface area contributed by atoms with Crippen LogP contribution in [0.3, 0.4) is 0 Å². The molecule has 3 nitrogen and oxygen atoms in total. The number of piperazine rings is 1. The van der Waals surface area contributed by atoms with Gasteiger partial charge in [-0.1, -0.05) is 0 Å². The first kappa shape index (κ1) is 16.9. The molecule has 1 aliphatic heterocycles. The van der Waals surface area contributed by atoms with Gasteiger partial charge in [-0.25, -0.2) is 0 Å². The largest absolute Gasteiger partial charge is 0.508 e. The van der Waals surface area contributed by atoms with Crippen molar-refractivity contribution >= 4 is 0 Å². The summed E-state index contributed by atoms with van der Waals surface area (Å²) in [5, 5.41) is 12.5. The number of hydrogen-bond acceptors (Lipinski definition) is 3. The van der Waals surface area contributed by atoms with E-state index in [1.54, 1.807) is 0 Å². The maximum absolute atomic E-state index is 13.3. The zero-order valence-corrected chi connectivity index (χ0v) is 11.3. The molecule has 0 spiro atoms. The third-order valence-corrected chi connectivity index (χ3v) is 3.48. The van der Waals surface area contributed by atoms with E-state index < -0.39 is 35.3 Å². The third-order valence-electron chi connectivity index (χ3n) is 3.48. The molecule has 22 heavy (non-hydrogen) atoms. The van der Waals surface area contributed by atoms with Gasteiger partial charge in [0.05, 0.1) is 5.56 Å². The van der Waals surface area contributed by atoms with Crippen LogP contribution in [-0.2, 0) is 6.18 Å². The molecule has 1 aromatic carbocycles. The van der Waals surface area contributed by atoms with Crippen LogP contribution in [-0.4, -0.2) is 42.4 Å². The van der Waals surface area contributed by atoms with E-state index in [-0.39, 0.29) is 13.1 Å². The Hall–Kier alpha value is -1.48. The number of halogens is 6. The van der Waals surface area contributed by atoms with Crippen molar-refractivity contribution in [2.75, 3.05) is 26.2 Å². The Morgan fingerprint density at radius 1 is 1.05 bits per heavy atom. The molecular weight excluding hydrogens is 314 g/mol. The summed E-state index contributed by atoms with van der Waals surface area (Å²) in [4.78, 5) is 1.02. The van der Waals surface area contributed by atoms with Crippen LogP contribution >= 0.6 is 0 Å². The Kier molecular flexibility index (Phi) is 4.57. The van der Waals surface area contributed by atoms with Gasteiger partial charge in [-0.3, -0.25) is 4.90 Å². The second-order valence-corrected chi connectivity index (χ2v) is 5.00. The second kappa shape index (κ2) is 5.96. The van der Waals surface area contributed by atoms with Gasteiger partial charge in [-0.2, -0.15) is 26.3 Å². The molecular formula is C13H14F6N2O. The second-order valence-electron chi connectivity index (χ2n) is 5.00. The monoisotopic (exact) mass is 328 g/mol. The van der Waals surface area contributed by atoms with Gasteiger partial charge in [0, 0.05) is 31.7 Å². The van der Waals surface area contributed by atoms with Gasteiger partial charge in [-0.15, -0.1) is 0 Å². The predicted molar refractivity (Wildman–Crippen MR) is 66.3 cm³/mol. The Balaban J connectivity index is 2.47. The Morgan fingerprint density at radius 2 is 1.64 bits per heavy atom. The van der Waals surface area contributed by atoms with E-state index in [0.29, 0.717) is 31.3 Å². The van der Waals surface area contributed by atoms with Crippen LogP contribution in [0.2, 0.25) is 0 Å². The molecule has 0 amide bonds. The molecule has 1 aliphatic rings. The highest BCUT2D eigenvalue weighted by Crippen LogP contribution is 2.43. The van der Waals surface area contributed by atoms with E-state index in [1.165, 1.54) is 0 Å². The minimum atomic E-state index is -4.79. The molecule has 124 valence electrons. The lowest BCUT2D eigenvalue weighted by Crippen LogP contribution is -2.49. The fraction of sp³-hybridized carbons (Fsp3) is 0.538. The zero-order valence-electron chi connectivity index (χ0n) is 11.3. The lowest BCUT2D eigenvalue weighted by Gasteiger charge is -2.36. The highest BCUT2D eigenvalue weighted by molar-refractivity contribution is 5.40. The van der Waals surface area contributed by atoms with Crippen molar-refractivity contribution in [1.82, 2.24) is 10.2 Å². The summed E-state index contributed by atoms with van der Waals surface area (Å²) in [6.45, 7) is 0.651. The first-order valence-corrected chi connectivity index (χ1v) is 6.52. The standard InChI is InChI=1S/C13H14F6N2O/c14-12(15,16)8-1-2-10(22)9(7-8)11(13(17,18)19)21-5-3-20-4-6-21/h1-2,7,11,20,22H,3-6H2/t11-/m0/s1. The number of rotatable bonds is 2. The number of hydrogen-bond donors (Lipinski definition) is 2. The molecule has 1 fully saturated rings. The maximum Gasteiger partial charge on any atom is 0.416 e. The number of alkyl halides is 6. The summed E-state index contributed by atoms with van der Waals surface area (Å²) in [7, 11) is 0. The summed E-state index contributed by atoms with van der Waals surface area (Å²) in [6.07, 6.45) is -9.57. The highest BCUT2D eigenvalue weighted by Gasteiger charge is 2.47. The molecule has 2 N–H and O–H groups in total. The van der Waals surface area contributed by atoms with Crippen LogP contribution in [0.15, 0.2) is 18.2 Å². The van der Waals surface area contributed by atoms with Gasteiger partial charge in [0.1, 0.15) is 11.8 Å². The van der Waals surface area contributed by atoms with Gasteiger partial charge in [0.15, 0.2) is 0 Å². The van der Waals surface area contributed by atoms with Crippen molar-refractivity contribution < 1.29 is 31.4 Å². The van der Waals surface area contributed by atoms with Crippen LogP contribution in [0.25, 0.3) is 0 Å². The van der Waals surface area contributed by atoms with Crippen LogP contribution in [0, 0.1) is 0 Å². The maximum atomic E-state index is 13.3. The molecule has 0 aromatic heterocycles. The van der Waals surface area contributed by atoms with E-state index in [4.69, 9.17) is 0 Å². The number of phenols is 1. The Labute approximate surface area is 122 Å². The quantitative estimate of drug-likeness (QED) is 0.820. The Morgan fingerprint density at radius 3 is 2.14 bits per heavy atom. The SMILES string of the molecule is Oc1ccc(C(F)(F)F)cc1[C@H](N1CCNCC1)C(F)(F)F. The molecule has 0 saturated carbocycles. The lowest BCUT2D eigenvalue weighted by molar-refractivity contribution is -0.188. The van der Waals surface area contributed by atoms with E-state index in [0.717, 1.165) is 4.90 Å². The van der Waals surface area contributed by atoms with Crippen molar-refractivity contribution in [1.29, 1.82) is 0 Å². The average Bonchev–Trinajstić information content (AvgIpc) is 2.39. The lowest BCUT2D eigenvalue weighted by atomic mass is 9.99. The highest BCUT2D eigenvalue weighted by atomic mass is 19.4. The molecule has 2 rings (SSSR count). The molecule has 0 aliphatic carbocycles. The van der Waals surface area contributed by atoms with Crippen LogP contribution < -0.4 is 5.32 Å². The van der Waals surface area contributed by atoms with E-state index >= 15 is 0 Å². The Bertz CT molecular complexity index is 522. The van der Waals surface area contributed by atoms with Crippen molar-refractivity contribution in [3.05, 3.63) is 29.3 Å². The van der Waals surface area contributed by atoms with Crippen molar-refractivity contribution in [2.45, 2.75) is 18.4 Å². The van der Waals surface area contributed by atoms with Crippen molar-refractivity contribution in [2.24, 2.45) is 0 Å². The molecule has 1 saturated heterocycles. The normalized spacial score (nSPS) is 19.2. The summed E-state index contributed by atoms with van der Waals surface area (Å²) in [5.41, 5.74) is -1.99. The summed E-state index contributed by atoms with van der Waals surface area (Å²) >= 11 is 0. The average molecular weight is 328 g/mol. The summed E-state index contributed by atoms with van der Waals surface area (Å²) < 4.78 is 78.2. The number of benzene rings is 1. The van der Waals surface area contributed by atoms with E-state index in [1.807, 2.05) is 0 Å². The third kappa shape index (κ3) is 3.64. The van der Waals surface area contributed by atoms with Gasteiger partial charge in [-0.05, 0) is 18.2 Å². The fourth-order valence-corrected chi connectivity index (χ4v) is 2.47. The molecule has 0 bridgehead atoms. The molecule has 1 heterocycles. The number of nitrogens with zero attached hydrogens (tertiary/aromatic N) is 1. The zero-order chi connectivity index (χ0) is 16.5. The van der Waals surface area contributed by atoms with E-state index in [9.17, 15) is 31.4 Å². The minimum Gasteiger partial charge on any atom is -0.508 e. The minimum absolute atomic E-state index is 0.0276. The molecule has 9 heteroatoms. The number of phenolic OH excluding ortho intramolecular Hbond substituents is 1. The first-order valence-electron chi connectivity index (χ1n) is 6.52. The summed E-state index contributed by atoms with van der Waals surface area (Å²) in [6, 6.07) is -0.685. The van der Waals surface area contributed by atoms with Gasteiger partial charge >= 0.3 is 12.4 Å². The van der Waals surface area contributed by atoms with E-state index in [2.05, 4.69) is 5.32 Å². The topological polar surface area (TPSA) is 35.5 Å². The first-order chi connectivity index (χ1) is 10.1.